The summed E-state index contributed by atoms with van der Waals surface area (Å²) in [5.74, 6) is -2.82. The van der Waals surface area contributed by atoms with Crippen molar-refractivity contribution in [2.75, 3.05) is 19.7 Å². The molecule has 4 atom stereocenters. The second-order valence-electron chi connectivity index (χ2n) is 18.5. The summed E-state index contributed by atoms with van der Waals surface area (Å²) in [6, 6.07) is 35.5. The molecule has 1 aliphatic carbocycles. The molecule has 318 valence electrons. The Bertz CT molecular complexity index is 2220. The number of piperidine rings is 1. The first-order valence-corrected chi connectivity index (χ1v) is 23.8. The number of carbonyl (C=O) groups is 2. The van der Waals surface area contributed by atoms with Gasteiger partial charge in [-0.1, -0.05) is 129 Å². The van der Waals surface area contributed by atoms with Crippen LogP contribution >= 0.6 is 0 Å². The van der Waals surface area contributed by atoms with Crippen LogP contribution in [0.1, 0.15) is 70.9 Å². The van der Waals surface area contributed by atoms with Crippen molar-refractivity contribution in [3.63, 3.8) is 0 Å². The Morgan fingerprint density at radius 3 is 2.13 bits per heavy atom. The molecule has 2 amide bonds. The van der Waals surface area contributed by atoms with Crippen molar-refractivity contribution in [1.82, 2.24) is 9.80 Å². The van der Waals surface area contributed by atoms with E-state index in [9.17, 15) is 24.1 Å². The topological polar surface area (TPSA) is 99.5 Å². The fourth-order valence-electron chi connectivity index (χ4n) is 10.7. The molecule has 3 fully saturated rings. The van der Waals surface area contributed by atoms with Crippen molar-refractivity contribution in [2.45, 2.75) is 89.8 Å². The van der Waals surface area contributed by atoms with Gasteiger partial charge in [-0.15, -0.1) is 0 Å². The van der Waals surface area contributed by atoms with Crippen LogP contribution in [0, 0.1) is 23.6 Å². The largest absolute Gasteiger partial charge is 0.505 e. The van der Waals surface area contributed by atoms with Crippen LogP contribution in [0.3, 0.4) is 0 Å². The van der Waals surface area contributed by atoms with Crippen LogP contribution in [-0.4, -0.2) is 79.0 Å². The van der Waals surface area contributed by atoms with E-state index >= 15 is 0 Å². The molecular weight excluding hydrogens is 782 g/mol. The number of carbonyl (C=O) groups excluding carboxylic acids is 2. The molecule has 3 heterocycles. The highest BCUT2D eigenvalue weighted by Crippen LogP contribution is 2.52. The van der Waals surface area contributed by atoms with Crippen molar-refractivity contribution in [3.05, 3.63) is 143 Å². The summed E-state index contributed by atoms with van der Waals surface area (Å²) < 4.78 is 28.2. The predicted molar refractivity (Wildman–Crippen MR) is 241 cm³/mol. The van der Waals surface area contributed by atoms with Crippen molar-refractivity contribution >= 4 is 43.7 Å². The molecule has 11 heteroatoms. The fourth-order valence-corrected chi connectivity index (χ4v) is 15.3. The van der Waals surface area contributed by atoms with Crippen LogP contribution in [0.2, 0.25) is 11.4 Å². The highest BCUT2D eigenvalue weighted by atomic mass is 28.4. The minimum atomic E-state index is -3.00. The lowest BCUT2D eigenvalue weighted by atomic mass is 9.58. The maximum atomic E-state index is 14.8. The number of halogens is 1. The Balaban J connectivity index is 1.13. The minimum absolute atomic E-state index is 0.101. The van der Waals surface area contributed by atoms with Gasteiger partial charge < -0.3 is 19.2 Å². The average molecular weight is 841 g/mol. The summed E-state index contributed by atoms with van der Waals surface area (Å²) in [5.41, 5.74) is 4.82. The first-order valence-electron chi connectivity index (χ1n) is 21.9. The lowest BCUT2D eigenvalue weighted by Crippen LogP contribution is -2.66. The van der Waals surface area contributed by atoms with Crippen molar-refractivity contribution < 1.29 is 33.2 Å². The third kappa shape index (κ3) is 8.73. The Kier molecular flexibility index (Phi) is 12.7. The molecule has 0 unspecified atom stereocenters. The maximum Gasteiger partial charge on any atom is 0.455 e. The molecular formula is C50H58BFN2O6Si. The Morgan fingerprint density at radius 2 is 1.52 bits per heavy atom. The maximum absolute atomic E-state index is 14.8. The number of phenols is 1. The Hall–Kier alpha value is -4.65. The number of hydrogen-bond acceptors (Lipinski definition) is 7. The van der Waals surface area contributed by atoms with E-state index in [1.54, 1.807) is 11.0 Å². The first kappa shape index (κ1) is 43.0. The van der Waals surface area contributed by atoms with E-state index in [4.69, 9.17) is 9.08 Å². The van der Waals surface area contributed by atoms with Crippen molar-refractivity contribution in [1.29, 1.82) is 0 Å². The quantitative estimate of drug-likeness (QED) is 0.0856. The summed E-state index contributed by atoms with van der Waals surface area (Å²) in [5, 5.41) is 23.2. The molecule has 0 radical (unpaired) electrons. The second-order valence-corrected chi connectivity index (χ2v) is 22.9. The van der Waals surface area contributed by atoms with Crippen molar-refractivity contribution in [3.8, 4) is 5.75 Å². The molecule has 4 aromatic rings. The molecule has 8 rings (SSSR count). The molecule has 61 heavy (non-hydrogen) atoms. The Morgan fingerprint density at radius 1 is 0.902 bits per heavy atom. The zero-order valence-corrected chi connectivity index (χ0v) is 36.8. The van der Waals surface area contributed by atoms with Crippen LogP contribution in [0.5, 0.6) is 5.75 Å². The van der Waals surface area contributed by atoms with Gasteiger partial charge in [0.15, 0.2) is 11.6 Å². The number of phenolic OH excluding ortho intramolecular Hbond substituents is 1. The van der Waals surface area contributed by atoms with Crippen LogP contribution in [-0.2, 0) is 25.2 Å². The summed E-state index contributed by atoms with van der Waals surface area (Å²) in [7, 11) is -4.11. The number of allylic oxidation sites excluding steroid dienone is 1. The fraction of sp³-hybridized carbons (Fsp3) is 0.400. The standard InChI is InChI=1S/C50H58BFN2O6Si/c1-34(28-36-21-22-44(55)43(52)29-36)20-23-45-46-37(33-59-61(50(2,3)4,39-16-10-6-11-17-39)40-18-12-7-13-19-40)30-41-47(42(46)31-51(58)60-45)49(57)54(48(41)56)38-24-26-53(27-25-38)32-35-14-8-5-9-15-35/h5-19,21-22,28-29,38,41-42,45,47,55,58H,20,23-27,30-33H2,1-4H3/b34-28+/t41-,42+,45-,47-/m1/s1. The average Bonchev–Trinajstić information content (AvgIpc) is 3.50. The van der Waals surface area contributed by atoms with Gasteiger partial charge in [-0.2, -0.15) is 0 Å². The molecule has 0 aromatic heterocycles. The lowest BCUT2D eigenvalue weighted by Gasteiger charge is -2.46. The third-order valence-electron chi connectivity index (χ3n) is 13.6. The molecule has 3 aliphatic heterocycles. The monoisotopic (exact) mass is 840 g/mol. The molecule has 0 bridgehead atoms. The number of rotatable bonds is 12. The summed E-state index contributed by atoms with van der Waals surface area (Å²) in [4.78, 5) is 33.5. The van der Waals surface area contributed by atoms with E-state index < -0.39 is 44.9 Å². The number of hydrogen-bond donors (Lipinski definition) is 2. The number of fused-ring (bicyclic) bond motifs is 3. The normalized spacial score (nSPS) is 23.1. The zero-order chi connectivity index (χ0) is 42.9. The van der Waals surface area contributed by atoms with Crippen LogP contribution in [0.15, 0.2) is 126 Å². The Labute approximate surface area is 361 Å². The van der Waals surface area contributed by atoms with E-state index in [0.29, 0.717) is 24.8 Å². The number of amides is 2. The van der Waals surface area contributed by atoms with Crippen LogP contribution < -0.4 is 10.4 Å². The smallest absolute Gasteiger partial charge is 0.455 e. The number of likely N-dealkylation sites (tertiary alicyclic amines) is 2. The molecule has 4 aliphatic rings. The van der Waals surface area contributed by atoms with Gasteiger partial charge in [0.25, 0.3) is 8.32 Å². The number of benzene rings is 4. The molecule has 4 aromatic carbocycles. The highest BCUT2D eigenvalue weighted by Gasteiger charge is 2.59. The molecule has 3 saturated heterocycles. The van der Waals surface area contributed by atoms with E-state index in [-0.39, 0.29) is 41.7 Å². The van der Waals surface area contributed by atoms with Gasteiger partial charge >= 0.3 is 7.12 Å². The summed E-state index contributed by atoms with van der Waals surface area (Å²) in [6.07, 6.45) is 4.52. The second kappa shape index (κ2) is 18.0. The SMILES string of the molecule is C/C(=C\c1ccc(O)c(F)c1)CC[C@H]1OB(O)C[C@H]2C1=C(CO[Si](c1ccccc1)(c1ccccc1)C(C)(C)C)C[C@H]1C(=O)N(C3CCN(Cc4ccccc4)CC3)C(=O)[C@H]12. The van der Waals surface area contributed by atoms with Gasteiger partial charge in [0.2, 0.25) is 11.8 Å². The van der Waals surface area contributed by atoms with E-state index in [1.165, 1.54) is 17.7 Å². The number of imide groups is 1. The lowest BCUT2D eigenvalue weighted by molar-refractivity contribution is -0.144. The van der Waals surface area contributed by atoms with Gasteiger partial charge in [-0.3, -0.25) is 19.4 Å². The third-order valence-corrected chi connectivity index (χ3v) is 18.6. The van der Waals surface area contributed by atoms with E-state index in [0.717, 1.165) is 59.6 Å². The van der Waals surface area contributed by atoms with Gasteiger partial charge in [-0.05, 0) is 101 Å². The van der Waals surface area contributed by atoms with Gasteiger partial charge in [0, 0.05) is 25.7 Å². The molecule has 8 nitrogen and oxygen atoms in total. The molecule has 0 spiro atoms. The van der Waals surface area contributed by atoms with Crippen LogP contribution in [0.25, 0.3) is 6.08 Å². The predicted octanol–water partition coefficient (Wildman–Crippen LogP) is 7.75. The van der Waals surface area contributed by atoms with E-state index in [2.05, 4.69) is 98.5 Å². The minimum Gasteiger partial charge on any atom is -0.505 e. The van der Waals surface area contributed by atoms with Gasteiger partial charge in [-0.25, -0.2) is 4.39 Å². The molecule has 2 N–H and O–H groups in total. The van der Waals surface area contributed by atoms with Crippen molar-refractivity contribution in [2.24, 2.45) is 17.8 Å². The summed E-state index contributed by atoms with van der Waals surface area (Å²) in [6.45, 7) is 11.4. The van der Waals surface area contributed by atoms with Crippen LogP contribution in [0.4, 0.5) is 4.39 Å². The summed E-state index contributed by atoms with van der Waals surface area (Å²) >= 11 is 0. The number of nitrogens with zero attached hydrogens (tertiary/aromatic N) is 2. The zero-order valence-electron chi connectivity index (χ0n) is 35.8. The van der Waals surface area contributed by atoms with Gasteiger partial charge in [0.1, 0.15) is 0 Å². The van der Waals surface area contributed by atoms with E-state index in [1.807, 2.05) is 31.2 Å². The first-order chi connectivity index (χ1) is 29.3. The highest BCUT2D eigenvalue weighted by molar-refractivity contribution is 6.99. The molecule has 0 saturated carbocycles. The number of aromatic hydroxyl groups is 1. The van der Waals surface area contributed by atoms with Gasteiger partial charge in [0.05, 0.1) is 24.5 Å².